The number of rotatable bonds is 3. The second-order valence-electron chi connectivity index (χ2n) is 3.72. The lowest BCUT2D eigenvalue weighted by atomic mass is 10.1. The molecule has 80 valence electrons. The van der Waals surface area contributed by atoms with E-state index in [1.807, 2.05) is 0 Å². The average Bonchev–Trinajstić information content (AvgIpc) is 2.28. The number of amides is 3. The fraction of sp³-hybridized carbons (Fsp3) is 0.750. The zero-order chi connectivity index (χ0) is 10.9. The van der Waals surface area contributed by atoms with Crippen LogP contribution in [0.1, 0.15) is 13.8 Å². The normalized spacial score (nSPS) is 22.4. The molecule has 0 aromatic carbocycles. The summed E-state index contributed by atoms with van der Waals surface area (Å²) in [5, 5.41) is 3.32. The van der Waals surface area contributed by atoms with Crippen LogP contribution in [0.4, 0.5) is 4.79 Å². The summed E-state index contributed by atoms with van der Waals surface area (Å²) >= 11 is 6.63. The van der Waals surface area contributed by atoms with E-state index in [0.29, 0.717) is 11.9 Å². The average molecular weight is 328 g/mol. The predicted molar refractivity (Wildman–Crippen MR) is 60.8 cm³/mol. The largest absolute Gasteiger partial charge is 0.325 e. The zero-order valence-corrected chi connectivity index (χ0v) is 11.2. The van der Waals surface area contributed by atoms with Crippen molar-refractivity contribution in [2.24, 2.45) is 0 Å². The second-order valence-corrected chi connectivity index (χ2v) is 5.66. The van der Waals surface area contributed by atoms with Gasteiger partial charge in [0.05, 0.1) is 0 Å². The van der Waals surface area contributed by atoms with Crippen molar-refractivity contribution in [1.82, 2.24) is 10.2 Å². The SMILES string of the molecule is CC1(C)NC(=O)N(C[C@@H](Br)CBr)C1=O. The molecule has 14 heavy (non-hydrogen) atoms. The van der Waals surface area contributed by atoms with Crippen LogP contribution in [0, 0.1) is 0 Å². The van der Waals surface area contributed by atoms with Crippen LogP contribution in [-0.4, -0.2) is 39.1 Å². The topological polar surface area (TPSA) is 49.4 Å². The number of nitrogens with one attached hydrogen (secondary N) is 1. The number of urea groups is 1. The molecule has 4 nitrogen and oxygen atoms in total. The minimum Gasteiger partial charge on any atom is -0.324 e. The van der Waals surface area contributed by atoms with Gasteiger partial charge in [0.25, 0.3) is 5.91 Å². The lowest BCUT2D eigenvalue weighted by molar-refractivity contribution is -0.130. The number of carbonyl (C=O) groups is 2. The molecular formula is C8H12Br2N2O2. The molecule has 1 saturated heterocycles. The Morgan fingerprint density at radius 1 is 1.50 bits per heavy atom. The Bertz CT molecular complexity index is 268. The highest BCUT2D eigenvalue weighted by Gasteiger charge is 2.44. The third-order valence-corrected chi connectivity index (χ3v) is 4.26. The van der Waals surface area contributed by atoms with Crippen molar-refractivity contribution < 1.29 is 9.59 Å². The lowest BCUT2D eigenvalue weighted by Gasteiger charge is -2.17. The van der Waals surface area contributed by atoms with Gasteiger partial charge >= 0.3 is 6.03 Å². The number of hydrogen-bond acceptors (Lipinski definition) is 2. The first-order valence-corrected chi connectivity index (χ1v) is 6.26. The predicted octanol–water partition coefficient (Wildman–Crippen LogP) is 1.48. The van der Waals surface area contributed by atoms with E-state index < -0.39 is 5.54 Å². The fourth-order valence-corrected chi connectivity index (χ4v) is 1.72. The maximum atomic E-state index is 11.7. The molecule has 0 aliphatic carbocycles. The summed E-state index contributed by atoms with van der Waals surface area (Å²) in [5.74, 6) is -0.173. The number of halogens is 2. The summed E-state index contributed by atoms with van der Waals surface area (Å²) in [7, 11) is 0. The minimum absolute atomic E-state index is 0.0890. The van der Waals surface area contributed by atoms with E-state index in [0.717, 1.165) is 0 Å². The molecule has 1 atom stereocenters. The molecule has 1 N–H and O–H groups in total. The van der Waals surface area contributed by atoms with Gasteiger partial charge in [-0.25, -0.2) is 4.79 Å². The Morgan fingerprint density at radius 3 is 2.43 bits per heavy atom. The Labute approximate surface area is 99.7 Å². The van der Waals surface area contributed by atoms with E-state index in [-0.39, 0.29) is 16.8 Å². The third-order valence-electron chi connectivity index (χ3n) is 1.99. The van der Waals surface area contributed by atoms with E-state index >= 15 is 0 Å². The van der Waals surface area contributed by atoms with Crippen LogP contribution in [-0.2, 0) is 4.79 Å². The molecule has 0 aromatic rings. The van der Waals surface area contributed by atoms with Crippen LogP contribution in [0.5, 0.6) is 0 Å². The number of carbonyl (C=O) groups excluding carboxylic acids is 2. The van der Waals surface area contributed by atoms with Gasteiger partial charge in [-0.05, 0) is 13.8 Å². The van der Waals surface area contributed by atoms with Crippen LogP contribution in [0.25, 0.3) is 0 Å². The molecule has 0 aromatic heterocycles. The molecule has 1 aliphatic heterocycles. The molecule has 0 unspecified atom stereocenters. The molecular weight excluding hydrogens is 316 g/mol. The van der Waals surface area contributed by atoms with Gasteiger partial charge in [0.2, 0.25) is 0 Å². The number of hydrogen-bond donors (Lipinski definition) is 1. The highest BCUT2D eigenvalue weighted by molar-refractivity contribution is 9.12. The van der Waals surface area contributed by atoms with Crippen molar-refractivity contribution in [3.05, 3.63) is 0 Å². The second kappa shape index (κ2) is 4.18. The maximum Gasteiger partial charge on any atom is 0.325 e. The Hall–Kier alpha value is -0.100. The van der Waals surface area contributed by atoms with E-state index in [9.17, 15) is 9.59 Å². The summed E-state index contributed by atoms with van der Waals surface area (Å²) in [5.41, 5.74) is -0.768. The standard InChI is InChI=1S/C8H12Br2N2O2/c1-8(2)6(13)12(7(14)11-8)4-5(10)3-9/h5H,3-4H2,1-2H3,(H,11,14)/t5-/m0/s1. The minimum atomic E-state index is -0.768. The van der Waals surface area contributed by atoms with Gasteiger partial charge in [0.1, 0.15) is 5.54 Å². The van der Waals surface area contributed by atoms with Crippen LogP contribution >= 0.6 is 31.9 Å². The van der Waals surface area contributed by atoms with Crippen molar-refractivity contribution in [2.75, 3.05) is 11.9 Å². The third kappa shape index (κ3) is 2.28. The van der Waals surface area contributed by atoms with Gasteiger partial charge in [-0.2, -0.15) is 0 Å². The molecule has 1 fully saturated rings. The molecule has 3 amide bonds. The summed E-state index contributed by atoms with van der Waals surface area (Å²) in [6, 6.07) is -0.314. The van der Waals surface area contributed by atoms with Crippen LogP contribution in [0.15, 0.2) is 0 Å². The molecule has 1 rings (SSSR count). The number of alkyl halides is 2. The van der Waals surface area contributed by atoms with Crippen molar-refractivity contribution in [3.8, 4) is 0 Å². The van der Waals surface area contributed by atoms with Crippen molar-refractivity contribution in [2.45, 2.75) is 24.2 Å². The Kier molecular flexibility index (Phi) is 3.58. The van der Waals surface area contributed by atoms with Crippen LogP contribution in [0.2, 0.25) is 0 Å². The Morgan fingerprint density at radius 2 is 2.07 bits per heavy atom. The highest BCUT2D eigenvalue weighted by Crippen LogP contribution is 2.18. The Balaban J connectivity index is 2.71. The van der Waals surface area contributed by atoms with E-state index in [2.05, 4.69) is 37.2 Å². The first-order valence-electron chi connectivity index (χ1n) is 4.22. The smallest absolute Gasteiger partial charge is 0.324 e. The van der Waals surface area contributed by atoms with Crippen LogP contribution < -0.4 is 5.32 Å². The molecule has 0 saturated carbocycles. The molecule has 0 spiro atoms. The van der Waals surface area contributed by atoms with Crippen molar-refractivity contribution in [1.29, 1.82) is 0 Å². The van der Waals surface area contributed by atoms with Gasteiger partial charge in [-0.1, -0.05) is 31.9 Å². The first-order chi connectivity index (χ1) is 6.38. The van der Waals surface area contributed by atoms with E-state index in [4.69, 9.17) is 0 Å². The van der Waals surface area contributed by atoms with Crippen molar-refractivity contribution >= 4 is 43.8 Å². The summed E-state index contributed by atoms with van der Waals surface area (Å²) in [6.07, 6.45) is 0. The van der Waals surface area contributed by atoms with Gasteiger partial charge in [-0.3, -0.25) is 9.69 Å². The summed E-state index contributed by atoms with van der Waals surface area (Å²) in [6.45, 7) is 3.79. The molecule has 1 heterocycles. The van der Waals surface area contributed by atoms with E-state index in [1.54, 1.807) is 13.8 Å². The van der Waals surface area contributed by atoms with Crippen LogP contribution in [0.3, 0.4) is 0 Å². The van der Waals surface area contributed by atoms with Gasteiger partial charge in [0, 0.05) is 16.7 Å². The number of imide groups is 1. The number of nitrogens with zero attached hydrogens (tertiary/aromatic N) is 1. The lowest BCUT2D eigenvalue weighted by Crippen LogP contribution is -2.41. The monoisotopic (exact) mass is 326 g/mol. The maximum absolute atomic E-state index is 11.7. The van der Waals surface area contributed by atoms with Crippen molar-refractivity contribution in [3.63, 3.8) is 0 Å². The summed E-state index contributed by atoms with van der Waals surface area (Å²) < 4.78 is 0. The first kappa shape index (κ1) is 12.0. The van der Waals surface area contributed by atoms with E-state index in [1.165, 1.54) is 4.90 Å². The molecule has 6 heteroatoms. The fourth-order valence-electron chi connectivity index (χ4n) is 1.23. The highest BCUT2D eigenvalue weighted by atomic mass is 79.9. The van der Waals surface area contributed by atoms with Gasteiger partial charge in [0.15, 0.2) is 0 Å². The summed E-state index contributed by atoms with van der Waals surface area (Å²) in [4.78, 5) is 24.4. The quantitative estimate of drug-likeness (QED) is 0.630. The van der Waals surface area contributed by atoms with Gasteiger partial charge in [-0.15, -0.1) is 0 Å². The molecule has 1 aliphatic rings. The van der Waals surface area contributed by atoms with Gasteiger partial charge < -0.3 is 5.32 Å². The molecule has 0 radical (unpaired) electrons. The zero-order valence-electron chi connectivity index (χ0n) is 8.01. The molecule has 0 bridgehead atoms.